The molecule has 0 spiro atoms. The number of rotatable bonds is 4. The smallest absolute Gasteiger partial charge is 0.121 e. The molecule has 4 heteroatoms. The Morgan fingerprint density at radius 1 is 1.29 bits per heavy atom. The SMILES string of the molecule is Cc1nonc1CNC1CCCCC1C(C)C. The molecule has 1 heterocycles. The standard InChI is InChI=1S/C13H23N3O/c1-9(2)11-6-4-5-7-12(11)14-8-13-10(3)15-17-16-13/h9,11-12,14H,4-8H2,1-3H3. The molecule has 2 rings (SSSR count). The van der Waals surface area contributed by atoms with E-state index in [1.165, 1.54) is 25.7 Å². The molecule has 17 heavy (non-hydrogen) atoms. The first-order chi connectivity index (χ1) is 8.18. The monoisotopic (exact) mass is 237 g/mol. The van der Waals surface area contributed by atoms with Gasteiger partial charge in [0, 0.05) is 12.6 Å². The van der Waals surface area contributed by atoms with E-state index in [2.05, 4.69) is 29.5 Å². The predicted octanol–water partition coefficient (Wildman–Crippen LogP) is 2.68. The molecule has 2 unspecified atom stereocenters. The lowest BCUT2D eigenvalue weighted by Gasteiger charge is -2.34. The van der Waals surface area contributed by atoms with Crippen LogP contribution in [-0.4, -0.2) is 16.4 Å². The molecule has 0 amide bonds. The highest BCUT2D eigenvalue weighted by atomic mass is 16.6. The Balaban J connectivity index is 1.90. The van der Waals surface area contributed by atoms with Gasteiger partial charge in [0.15, 0.2) is 0 Å². The highest BCUT2D eigenvalue weighted by Crippen LogP contribution is 2.30. The summed E-state index contributed by atoms with van der Waals surface area (Å²) in [4.78, 5) is 0. The second-order valence-electron chi connectivity index (χ2n) is 5.48. The van der Waals surface area contributed by atoms with Crippen LogP contribution in [0, 0.1) is 18.8 Å². The summed E-state index contributed by atoms with van der Waals surface area (Å²) in [5.74, 6) is 1.55. The normalized spacial score (nSPS) is 25.4. The molecule has 96 valence electrons. The van der Waals surface area contributed by atoms with Gasteiger partial charge in [-0.1, -0.05) is 37.0 Å². The summed E-state index contributed by atoms with van der Waals surface area (Å²) in [7, 11) is 0. The highest BCUT2D eigenvalue weighted by molar-refractivity contribution is 5.04. The average molecular weight is 237 g/mol. The minimum absolute atomic E-state index is 0.625. The van der Waals surface area contributed by atoms with E-state index in [0.717, 1.165) is 29.8 Å². The first-order valence-corrected chi connectivity index (χ1v) is 6.70. The van der Waals surface area contributed by atoms with Crippen molar-refractivity contribution >= 4 is 0 Å². The third kappa shape index (κ3) is 3.06. The molecule has 1 aliphatic rings. The quantitative estimate of drug-likeness (QED) is 0.874. The van der Waals surface area contributed by atoms with Gasteiger partial charge in [-0.05, 0) is 31.6 Å². The van der Waals surface area contributed by atoms with Gasteiger partial charge in [0.2, 0.25) is 0 Å². The molecule has 1 fully saturated rings. The number of hydrogen-bond acceptors (Lipinski definition) is 4. The molecular formula is C13H23N3O. The van der Waals surface area contributed by atoms with Crippen molar-refractivity contribution in [2.24, 2.45) is 11.8 Å². The molecule has 0 bridgehead atoms. The molecule has 1 aliphatic carbocycles. The molecule has 0 aromatic carbocycles. The van der Waals surface area contributed by atoms with Crippen molar-refractivity contribution in [3.05, 3.63) is 11.4 Å². The van der Waals surface area contributed by atoms with E-state index >= 15 is 0 Å². The van der Waals surface area contributed by atoms with E-state index < -0.39 is 0 Å². The van der Waals surface area contributed by atoms with Crippen LogP contribution in [0.3, 0.4) is 0 Å². The molecule has 1 saturated carbocycles. The van der Waals surface area contributed by atoms with Crippen molar-refractivity contribution in [3.63, 3.8) is 0 Å². The van der Waals surface area contributed by atoms with Gasteiger partial charge >= 0.3 is 0 Å². The number of nitrogens with zero attached hydrogens (tertiary/aromatic N) is 2. The van der Waals surface area contributed by atoms with Crippen molar-refractivity contribution in [2.75, 3.05) is 0 Å². The number of aryl methyl sites for hydroxylation is 1. The third-order valence-corrected chi connectivity index (χ3v) is 3.95. The van der Waals surface area contributed by atoms with Crippen molar-refractivity contribution < 1.29 is 4.63 Å². The van der Waals surface area contributed by atoms with E-state index in [4.69, 9.17) is 4.63 Å². The Labute approximate surface area is 103 Å². The zero-order valence-corrected chi connectivity index (χ0v) is 11.1. The van der Waals surface area contributed by atoms with Crippen LogP contribution in [0.2, 0.25) is 0 Å². The van der Waals surface area contributed by atoms with Crippen LogP contribution in [0.4, 0.5) is 0 Å². The maximum Gasteiger partial charge on any atom is 0.121 e. The molecule has 4 nitrogen and oxygen atoms in total. The van der Waals surface area contributed by atoms with E-state index in [9.17, 15) is 0 Å². The molecule has 1 aromatic heterocycles. The van der Waals surface area contributed by atoms with Crippen molar-refractivity contribution in [3.8, 4) is 0 Å². The second-order valence-corrected chi connectivity index (χ2v) is 5.48. The summed E-state index contributed by atoms with van der Waals surface area (Å²) < 4.78 is 4.72. The van der Waals surface area contributed by atoms with Gasteiger partial charge in [0.05, 0.1) is 0 Å². The lowest BCUT2D eigenvalue weighted by atomic mass is 9.78. The van der Waals surface area contributed by atoms with E-state index in [1.807, 2.05) is 6.92 Å². The second kappa shape index (κ2) is 5.63. The number of aromatic nitrogens is 2. The van der Waals surface area contributed by atoms with Crippen LogP contribution in [-0.2, 0) is 6.54 Å². The van der Waals surface area contributed by atoms with Gasteiger partial charge in [0.1, 0.15) is 11.4 Å². The zero-order valence-electron chi connectivity index (χ0n) is 11.1. The molecule has 0 aliphatic heterocycles. The lowest BCUT2D eigenvalue weighted by molar-refractivity contribution is 0.203. The first-order valence-electron chi connectivity index (χ1n) is 6.70. The fourth-order valence-corrected chi connectivity index (χ4v) is 2.85. The summed E-state index contributed by atoms with van der Waals surface area (Å²) in [6.07, 6.45) is 5.36. The molecular weight excluding hydrogens is 214 g/mol. The van der Waals surface area contributed by atoms with Crippen molar-refractivity contribution in [1.82, 2.24) is 15.6 Å². The van der Waals surface area contributed by atoms with Gasteiger partial charge in [-0.25, -0.2) is 4.63 Å². The predicted molar refractivity (Wildman–Crippen MR) is 66.5 cm³/mol. The number of nitrogens with one attached hydrogen (secondary N) is 1. The molecule has 1 N–H and O–H groups in total. The minimum atomic E-state index is 0.625. The lowest BCUT2D eigenvalue weighted by Crippen LogP contribution is -2.40. The molecule has 2 atom stereocenters. The fourth-order valence-electron chi connectivity index (χ4n) is 2.85. The van der Waals surface area contributed by atoms with E-state index in [-0.39, 0.29) is 0 Å². The van der Waals surface area contributed by atoms with E-state index in [1.54, 1.807) is 0 Å². The Kier molecular flexibility index (Phi) is 4.15. The average Bonchev–Trinajstić information content (AvgIpc) is 2.72. The zero-order chi connectivity index (χ0) is 12.3. The van der Waals surface area contributed by atoms with Gasteiger partial charge in [-0.2, -0.15) is 0 Å². The summed E-state index contributed by atoms with van der Waals surface area (Å²) in [6, 6.07) is 0.625. The highest BCUT2D eigenvalue weighted by Gasteiger charge is 2.27. The summed E-state index contributed by atoms with van der Waals surface area (Å²) in [5.41, 5.74) is 1.84. The summed E-state index contributed by atoms with van der Waals surface area (Å²) in [5, 5.41) is 11.4. The van der Waals surface area contributed by atoms with Crippen LogP contribution in [0.25, 0.3) is 0 Å². The van der Waals surface area contributed by atoms with Crippen molar-refractivity contribution in [2.45, 2.75) is 59.0 Å². The fraction of sp³-hybridized carbons (Fsp3) is 0.846. The van der Waals surface area contributed by atoms with Gasteiger partial charge in [-0.3, -0.25) is 0 Å². The van der Waals surface area contributed by atoms with Gasteiger partial charge in [0.25, 0.3) is 0 Å². The molecule has 0 saturated heterocycles. The minimum Gasteiger partial charge on any atom is -0.308 e. The Hall–Kier alpha value is -0.900. The first kappa shape index (κ1) is 12.6. The Bertz CT molecular complexity index is 348. The van der Waals surface area contributed by atoms with Gasteiger partial charge in [-0.15, -0.1) is 0 Å². The summed E-state index contributed by atoms with van der Waals surface area (Å²) in [6.45, 7) is 7.37. The molecule has 0 radical (unpaired) electrons. The van der Waals surface area contributed by atoms with Gasteiger partial charge < -0.3 is 5.32 Å². The topological polar surface area (TPSA) is 51.0 Å². The maximum atomic E-state index is 4.72. The summed E-state index contributed by atoms with van der Waals surface area (Å²) >= 11 is 0. The Morgan fingerprint density at radius 2 is 2.06 bits per heavy atom. The van der Waals surface area contributed by atoms with Crippen LogP contribution < -0.4 is 5.32 Å². The van der Waals surface area contributed by atoms with Crippen LogP contribution in [0.15, 0.2) is 4.63 Å². The third-order valence-electron chi connectivity index (χ3n) is 3.95. The maximum absolute atomic E-state index is 4.72. The van der Waals surface area contributed by atoms with E-state index in [0.29, 0.717) is 6.04 Å². The van der Waals surface area contributed by atoms with Crippen molar-refractivity contribution in [1.29, 1.82) is 0 Å². The Morgan fingerprint density at radius 3 is 2.71 bits per heavy atom. The van der Waals surface area contributed by atoms with Crippen LogP contribution in [0.1, 0.15) is 50.9 Å². The van der Waals surface area contributed by atoms with Crippen LogP contribution in [0.5, 0.6) is 0 Å². The largest absolute Gasteiger partial charge is 0.308 e. The number of hydrogen-bond donors (Lipinski definition) is 1. The molecule has 1 aromatic rings. The van der Waals surface area contributed by atoms with Crippen LogP contribution >= 0.6 is 0 Å².